The third-order valence-corrected chi connectivity index (χ3v) is 5.41. The number of rotatable bonds is 1. The van der Waals surface area contributed by atoms with Crippen molar-refractivity contribution in [3.8, 4) is 12.3 Å². The molecule has 19 heavy (non-hydrogen) atoms. The minimum absolute atomic E-state index is 0. The molecular weight excluding hydrogens is 369 g/mol. The van der Waals surface area contributed by atoms with Crippen molar-refractivity contribution in [2.45, 2.75) is 36.9 Å². The van der Waals surface area contributed by atoms with E-state index < -0.39 is 0 Å². The fourth-order valence-corrected chi connectivity index (χ4v) is 4.56. The van der Waals surface area contributed by atoms with Crippen LogP contribution in [0.5, 0.6) is 0 Å². The van der Waals surface area contributed by atoms with Crippen LogP contribution >= 0.6 is 35.7 Å². The highest BCUT2D eigenvalue weighted by Crippen LogP contribution is 2.42. The van der Waals surface area contributed by atoms with Crippen molar-refractivity contribution in [3.63, 3.8) is 0 Å². The largest absolute Gasteiger partial charge is 0.345 e. The summed E-state index contributed by atoms with van der Waals surface area (Å²) in [6.07, 6.45) is 12.2. The van der Waals surface area contributed by atoms with Crippen molar-refractivity contribution >= 4 is 41.7 Å². The van der Waals surface area contributed by atoms with Crippen LogP contribution in [0.1, 0.15) is 32.1 Å². The van der Waals surface area contributed by atoms with Crippen LogP contribution in [0.15, 0.2) is 4.99 Å². The van der Waals surface area contributed by atoms with E-state index in [0.717, 1.165) is 19.0 Å². The number of nitrogens with zero attached hydrogens (tertiary/aromatic N) is 2. The van der Waals surface area contributed by atoms with Crippen LogP contribution in [0.2, 0.25) is 0 Å². The number of guanidine groups is 1. The van der Waals surface area contributed by atoms with Gasteiger partial charge in [-0.1, -0.05) is 25.2 Å². The number of halogens is 1. The maximum Gasteiger partial charge on any atom is 0.194 e. The monoisotopic (exact) mass is 393 g/mol. The molecule has 1 saturated carbocycles. The van der Waals surface area contributed by atoms with E-state index in [4.69, 9.17) is 6.42 Å². The standard InChI is InChI=1S/C14H23N3S.HI/c1-3-9-16-13(15-2)17-10-11-18-14(12-17)7-5-4-6-8-14;/h1H,4-12H2,2H3,(H,15,16);1H. The van der Waals surface area contributed by atoms with Gasteiger partial charge in [0, 0.05) is 30.6 Å². The fraction of sp³-hybridized carbons (Fsp3) is 0.786. The molecule has 0 unspecified atom stereocenters. The molecule has 0 aromatic carbocycles. The van der Waals surface area contributed by atoms with Crippen LogP contribution in [0, 0.1) is 12.3 Å². The molecule has 1 spiro atoms. The third-order valence-electron chi connectivity index (χ3n) is 3.87. The van der Waals surface area contributed by atoms with Crippen molar-refractivity contribution in [3.05, 3.63) is 0 Å². The summed E-state index contributed by atoms with van der Waals surface area (Å²) in [6.45, 7) is 2.77. The summed E-state index contributed by atoms with van der Waals surface area (Å²) in [5.74, 6) is 4.79. The molecule has 0 aromatic rings. The van der Waals surface area contributed by atoms with Crippen molar-refractivity contribution in [1.82, 2.24) is 10.2 Å². The number of hydrogen-bond donors (Lipinski definition) is 1. The van der Waals surface area contributed by atoms with Crippen LogP contribution in [-0.2, 0) is 0 Å². The molecule has 0 radical (unpaired) electrons. The molecule has 1 saturated heterocycles. The van der Waals surface area contributed by atoms with E-state index in [1.807, 2.05) is 7.05 Å². The summed E-state index contributed by atoms with van der Waals surface area (Å²) >= 11 is 2.18. The van der Waals surface area contributed by atoms with Crippen LogP contribution < -0.4 is 5.32 Å². The van der Waals surface area contributed by atoms with Gasteiger partial charge < -0.3 is 10.2 Å². The highest BCUT2D eigenvalue weighted by atomic mass is 127. The van der Waals surface area contributed by atoms with Crippen LogP contribution in [0.4, 0.5) is 0 Å². The molecular formula is C14H24IN3S. The Labute approximate surface area is 138 Å². The summed E-state index contributed by atoms with van der Waals surface area (Å²) in [4.78, 5) is 6.74. The molecule has 2 aliphatic rings. The SMILES string of the molecule is C#CCNC(=NC)N1CCSC2(CCCCC2)C1.I. The topological polar surface area (TPSA) is 27.6 Å². The molecule has 0 atom stereocenters. The summed E-state index contributed by atoms with van der Waals surface area (Å²) in [5, 5.41) is 3.24. The predicted octanol–water partition coefficient (Wildman–Crippen LogP) is 2.56. The van der Waals surface area contributed by atoms with E-state index in [2.05, 4.69) is 32.9 Å². The summed E-state index contributed by atoms with van der Waals surface area (Å²) in [6, 6.07) is 0. The second kappa shape index (κ2) is 8.25. The van der Waals surface area contributed by atoms with Gasteiger partial charge in [-0.05, 0) is 12.8 Å². The maximum atomic E-state index is 5.31. The highest BCUT2D eigenvalue weighted by molar-refractivity contribution is 14.0. The number of thioether (sulfide) groups is 1. The first-order chi connectivity index (χ1) is 8.79. The Morgan fingerprint density at radius 2 is 2.16 bits per heavy atom. The van der Waals surface area contributed by atoms with Crippen LogP contribution in [0.25, 0.3) is 0 Å². The molecule has 5 heteroatoms. The van der Waals surface area contributed by atoms with E-state index in [-0.39, 0.29) is 24.0 Å². The van der Waals surface area contributed by atoms with Crippen molar-refractivity contribution in [2.24, 2.45) is 4.99 Å². The Balaban J connectivity index is 0.00000180. The van der Waals surface area contributed by atoms with Gasteiger partial charge in [0.05, 0.1) is 6.54 Å². The van der Waals surface area contributed by atoms with Crippen molar-refractivity contribution in [2.75, 3.05) is 32.4 Å². The Bertz CT molecular complexity index is 340. The maximum absolute atomic E-state index is 5.31. The Kier molecular flexibility index (Phi) is 7.37. The molecule has 2 rings (SSSR count). The zero-order valence-corrected chi connectivity index (χ0v) is 14.8. The average Bonchev–Trinajstić information content (AvgIpc) is 2.41. The first kappa shape index (κ1) is 17.0. The van der Waals surface area contributed by atoms with Gasteiger partial charge in [-0.2, -0.15) is 11.8 Å². The Morgan fingerprint density at radius 1 is 1.42 bits per heavy atom. The first-order valence-electron chi connectivity index (χ1n) is 6.83. The van der Waals surface area contributed by atoms with E-state index in [1.54, 1.807) is 0 Å². The average molecular weight is 393 g/mol. The first-order valence-corrected chi connectivity index (χ1v) is 7.81. The smallest absolute Gasteiger partial charge is 0.194 e. The zero-order valence-electron chi connectivity index (χ0n) is 11.7. The lowest BCUT2D eigenvalue weighted by molar-refractivity contribution is 0.294. The molecule has 3 nitrogen and oxygen atoms in total. The Hall–Kier alpha value is -0.0900. The van der Waals surface area contributed by atoms with Gasteiger partial charge in [0.25, 0.3) is 0 Å². The lowest BCUT2D eigenvalue weighted by Crippen LogP contribution is -2.53. The molecule has 1 N–H and O–H groups in total. The van der Waals surface area contributed by atoms with Crippen molar-refractivity contribution < 1.29 is 0 Å². The number of aliphatic imine (C=N–C) groups is 1. The van der Waals surface area contributed by atoms with Gasteiger partial charge in [0.2, 0.25) is 0 Å². The molecule has 1 heterocycles. The second-order valence-corrected chi connectivity index (χ2v) is 6.68. The zero-order chi connectivity index (χ0) is 12.8. The third kappa shape index (κ3) is 4.45. The molecule has 1 aliphatic heterocycles. The van der Waals surface area contributed by atoms with Gasteiger partial charge in [-0.15, -0.1) is 30.4 Å². The molecule has 2 fully saturated rings. The number of terminal acetylenes is 1. The molecule has 0 amide bonds. The minimum Gasteiger partial charge on any atom is -0.345 e. The van der Waals surface area contributed by atoms with Gasteiger partial charge in [-0.3, -0.25) is 4.99 Å². The molecule has 0 aromatic heterocycles. The second-order valence-electron chi connectivity index (χ2n) is 5.12. The predicted molar refractivity (Wildman–Crippen MR) is 95.5 cm³/mol. The van der Waals surface area contributed by atoms with E-state index in [9.17, 15) is 0 Å². The minimum atomic E-state index is 0. The van der Waals surface area contributed by atoms with E-state index >= 15 is 0 Å². The molecule has 108 valence electrons. The van der Waals surface area contributed by atoms with Crippen LogP contribution in [0.3, 0.4) is 0 Å². The lowest BCUT2D eigenvalue weighted by atomic mass is 9.87. The summed E-state index contributed by atoms with van der Waals surface area (Å²) < 4.78 is 0.476. The van der Waals surface area contributed by atoms with Gasteiger partial charge >= 0.3 is 0 Å². The van der Waals surface area contributed by atoms with Crippen LogP contribution in [-0.4, -0.2) is 48.0 Å². The van der Waals surface area contributed by atoms with Gasteiger partial charge in [-0.25, -0.2) is 0 Å². The number of hydrogen-bond acceptors (Lipinski definition) is 2. The molecule has 1 aliphatic carbocycles. The summed E-state index contributed by atoms with van der Waals surface area (Å²) in [7, 11) is 1.84. The van der Waals surface area contributed by atoms with Gasteiger partial charge in [0.1, 0.15) is 0 Å². The van der Waals surface area contributed by atoms with E-state index in [1.165, 1.54) is 37.9 Å². The fourth-order valence-electron chi connectivity index (χ4n) is 2.99. The highest BCUT2D eigenvalue weighted by Gasteiger charge is 2.37. The summed E-state index contributed by atoms with van der Waals surface area (Å²) in [5.41, 5.74) is 0. The Morgan fingerprint density at radius 3 is 2.79 bits per heavy atom. The van der Waals surface area contributed by atoms with Crippen molar-refractivity contribution in [1.29, 1.82) is 0 Å². The number of nitrogens with one attached hydrogen (secondary N) is 1. The van der Waals surface area contributed by atoms with E-state index in [0.29, 0.717) is 11.3 Å². The quantitative estimate of drug-likeness (QED) is 0.321. The molecule has 0 bridgehead atoms. The normalized spacial score (nSPS) is 22.5. The lowest BCUT2D eigenvalue weighted by Gasteiger charge is -2.45. The van der Waals surface area contributed by atoms with Gasteiger partial charge in [0.15, 0.2) is 5.96 Å².